The smallest absolute Gasteiger partial charge is 0.136 e. The second-order valence-electron chi connectivity index (χ2n) is 5.16. The Kier molecular flexibility index (Phi) is 3.04. The summed E-state index contributed by atoms with van der Waals surface area (Å²) in [4.78, 5) is -1.23. The van der Waals surface area contributed by atoms with Gasteiger partial charge in [0.15, 0.2) is 0 Å². The first kappa shape index (κ1) is 12.9. The van der Waals surface area contributed by atoms with Crippen molar-refractivity contribution in [1.29, 1.82) is 0 Å². The van der Waals surface area contributed by atoms with Crippen LogP contribution in [0, 0.1) is 12.3 Å². The van der Waals surface area contributed by atoms with E-state index >= 15 is 0 Å². The fourth-order valence-corrected chi connectivity index (χ4v) is 2.86. The molecule has 4 heteroatoms. The van der Waals surface area contributed by atoms with Gasteiger partial charge >= 0.3 is 0 Å². The standard InChI is InChI=1S/C13H17ClO3/c1-4-12(14)7-9(15)10-13(17-10,11(12)16)6-5-8(2)3/h1,5,9-11,15-16H,6-7H2,2-3H3/t9-,10-,11+,12+,13-/m0/s1. The Balaban J connectivity index is 2.25. The summed E-state index contributed by atoms with van der Waals surface area (Å²) in [5.41, 5.74) is 0.324. The second kappa shape index (κ2) is 4.00. The molecule has 0 bridgehead atoms. The van der Waals surface area contributed by atoms with E-state index in [0.29, 0.717) is 6.42 Å². The zero-order chi connectivity index (χ0) is 12.8. The third kappa shape index (κ3) is 1.90. The number of hydrogen-bond donors (Lipinski definition) is 2. The average molecular weight is 257 g/mol. The molecular formula is C13H17ClO3. The largest absolute Gasteiger partial charge is 0.390 e. The van der Waals surface area contributed by atoms with Crippen LogP contribution in [0.15, 0.2) is 11.6 Å². The number of ether oxygens (including phenoxy) is 1. The molecule has 1 saturated carbocycles. The van der Waals surface area contributed by atoms with Crippen LogP contribution in [0.25, 0.3) is 0 Å². The Morgan fingerprint density at radius 3 is 2.76 bits per heavy atom. The molecule has 3 nitrogen and oxygen atoms in total. The zero-order valence-electron chi connectivity index (χ0n) is 9.98. The molecular weight excluding hydrogens is 240 g/mol. The van der Waals surface area contributed by atoms with Crippen LogP contribution in [0.3, 0.4) is 0 Å². The maximum atomic E-state index is 10.3. The molecule has 0 spiro atoms. The molecule has 0 aromatic carbocycles. The van der Waals surface area contributed by atoms with Gasteiger partial charge in [0.1, 0.15) is 22.7 Å². The molecule has 2 rings (SSSR count). The van der Waals surface area contributed by atoms with Crippen molar-refractivity contribution in [2.45, 2.75) is 55.5 Å². The maximum absolute atomic E-state index is 10.3. The normalized spacial score (nSPS) is 47.9. The molecule has 1 aliphatic carbocycles. The minimum Gasteiger partial charge on any atom is -0.390 e. The van der Waals surface area contributed by atoms with Gasteiger partial charge in [0.05, 0.1) is 6.10 Å². The molecule has 0 radical (unpaired) electrons. The number of hydrogen-bond acceptors (Lipinski definition) is 3. The van der Waals surface area contributed by atoms with E-state index in [1.54, 1.807) is 0 Å². The second-order valence-corrected chi connectivity index (χ2v) is 5.83. The van der Waals surface area contributed by atoms with Crippen molar-refractivity contribution in [2.24, 2.45) is 0 Å². The summed E-state index contributed by atoms with van der Waals surface area (Å²) in [6, 6.07) is 0. The van der Waals surface area contributed by atoms with Gasteiger partial charge in [-0.3, -0.25) is 0 Å². The van der Waals surface area contributed by atoms with E-state index in [-0.39, 0.29) is 12.5 Å². The lowest BCUT2D eigenvalue weighted by Gasteiger charge is -2.36. The van der Waals surface area contributed by atoms with Crippen molar-refractivity contribution >= 4 is 11.6 Å². The number of epoxide rings is 1. The molecule has 0 aromatic rings. The van der Waals surface area contributed by atoms with Gasteiger partial charge in [-0.2, -0.15) is 0 Å². The highest BCUT2D eigenvalue weighted by atomic mass is 35.5. The molecule has 1 heterocycles. The molecule has 2 fully saturated rings. The third-order valence-electron chi connectivity index (χ3n) is 3.59. The average Bonchev–Trinajstić information content (AvgIpc) is 3.00. The monoisotopic (exact) mass is 256 g/mol. The van der Waals surface area contributed by atoms with Crippen molar-refractivity contribution in [3.8, 4) is 12.3 Å². The number of alkyl halides is 1. The molecule has 2 N–H and O–H groups in total. The van der Waals surface area contributed by atoms with Crippen molar-refractivity contribution in [3.63, 3.8) is 0 Å². The molecule has 2 aliphatic rings. The number of terminal acetylenes is 1. The molecule has 0 unspecified atom stereocenters. The highest BCUT2D eigenvalue weighted by Gasteiger charge is 2.71. The lowest BCUT2D eigenvalue weighted by atomic mass is 9.75. The SMILES string of the molecule is C#C[C@@]1(Cl)C[C@H](O)[C@@H]2O[C@]2(CC=C(C)C)[C@@H]1O. The summed E-state index contributed by atoms with van der Waals surface area (Å²) in [7, 11) is 0. The number of rotatable bonds is 2. The molecule has 0 aromatic heterocycles. The van der Waals surface area contributed by atoms with Gasteiger partial charge in [0, 0.05) is 6.42 Å². The molecule has 94 valence electrons. The van der Waals surface area contributed by atoms with E-state index in [9.17, 15) is 10.2 Å². The first-order valence-electron chi connectivity index (χ1n) is 5.70. The minimum absolute atomic E-state index is 0.160. The fourth-order valence-electron chi connectivity index (χ4n) is 2.51. The minimum atomic E-state index is -1.23. The van der Waals surface area contributed by atoms with Gasteiger partial charge < -0.3 is 14.9 Å². The van der Waals surface area contributed by atoms with Gasteiger partial charge in [0.25, 0.3) is 0 Å². The van der Waals surface area contributed by atoms with Crippen LogP contribution >= 0.6 is 11.6 Å². The Hall–Kier alpha value is -0.530. The van der Waals surface area contributed by atoms with Crippen LogP contribution in [0.5, 0.6) is 0 Å². The molecule has 1 saturated heterocycles. The predicted octanol–water partition coefficient (Wildman–Crippen LogP) is 1.22. The van der Waals surface area contributed by atoms with Crippen LogP contribution < -0.4 is 0 Å². The van der Waals surface area contributed by atoms with E-state index in [1.165, 1.54) is 0 Å². The van der Waals surface area contributed by atoms with E-state index < -0.39 is 22.7 Å². The molecule has 17 heavy (non-hydrogen) atoms. The van der Waals surface area contributed by atoms with Crippen LogP contribution in [-0.4, -0.2) is 39.0 Å². The lowest BCUT2D eigenvalue weighted by molar-refractivity contribution is 0.0264. The number of halogens is 1. The summed E-state index contributed by atoms with van der Waals surface area (Å²) in [6.07, 6.45) is 5.99. The number of aliphatic hydroxyl groups is 2. The van der Waals surface area contributed by atoms with Crippen molar-refractivity contribution in [2.75, 3.05) is 0 Å². The fraction of sp³-hybridized carbons (Fsp3) is 0.692. The van der Waals surface area contributed by atoms with Gasteiger partial charge in [-0.25, -0.2) is 0 Å². The number of fused-ring (bicyclic) bond motifs is 1. The first-order valence-corrected chi connectivity index (χ1v) is 6.07. The van der Waals surface area contributed by atoms with Crippen LogP contribution in [0.1, 0.15) is 26.7 Å². The topological polar surface area (TPSA) is 53.0 Å². The summed E-state index contributed by atoms with van der Waals surface area (Å²) < 4.78 is 5.51. The van der Waals surface area contributed by atoms with Crippen LogP contribution in [-0.2, 0) is 4.74 Å². The lowest BCUT2D eigenvalue weighted by Crippen LogP contribution is -2.55. The van der Waals surface area contributed by atoms with Crippen molar-refractivity contribution < 1.29 is 14.9 Å². The van der Waals surface area contributed by atoms with E-state index in [0.717, 1.165) is 5.57 Å². The van der Waals surface area contributed by atoms with E-state index in [4.69, 9.17) is 22.8 Å². The summed E-state index contributed by atoms with van der Waals surface area (Å²) >= 11 is 6.18. The van der Waals surface area contributed by atoms with Crippen molar-refractivity contribution in [3.05, 3.63) is 11.6 Å². The zero-order valence-corrected chi connectivity index (χ0v) is 10.7. The first-order chi connectivity index (χ1) is 7.85. The highest BCUT2D eigenvalue weighted by Crippen LogP contribution is 2.55. The van der Waals surface area contributed by atoms with Gasteiger partial charge in [-0.1, -0.05) is 17.6 Å². The predicted molar refractivity (Wildman–Crippen MR) is 65.7 cm³/mol. The number of aliphatic hydroxyl groups excluding tert-OH is 2. The molecule has 1 aliphatic heterocycles. The summed E-state index contributed by atoms with van der Waals surface area (Å²) in [5, 5.41) is 20.2. The van der Waals surface area contributed by atoms with E-state index in [1.807, 2.05) is 19.9 Å². The van der Waals surface area contributed by atoms with Crippen LogP contribution in [0.2, 0.25) is 0 Å². The number of allylic oxidation sites excluding steroid dienone is 1. The Morgan fingerprint density at radius 1 is 1.59 bits per heavy atom. The maximum Gasteiger partial charge on any atom is 0.136 e. The molecule has 5 atom stereocenters. The summed E-state index contributed by atoms with van der Waals surface area (Å²) in [6.45, 7) is 3.93. The van der Waals surface area contributed by atoms with Gasteiger partial charge in [0.2, 0.25) is 0 Å². The Labute approximate surface area is 106 Å². The van der Waals surface area contributed by atoms with Crippen LogP contribution in [0.4, 0.5) is 0 Å². The van der Waals surface area contributed by atoms with Gasteiger partial charge in [-0.05, 0) is 20.3 Å². The van der Waals surface area contributed by atoms with Gasteiger partial charge in [-0.15, -0.1) is 18.0 Å². The Bertz CT molecular complexity index is 396. The molecule has 0 amide bonds. The highest BCUT2D eigenvalue weighted by molar-refractivity contribution is 6.26. The third-order valence-corrected chi connectivity index (χ3v) is 4.06. The van der Waals surface area contributed by atoms with Crippen molar-refractivity contribution in [1.82, 2.24) is 0 Å². The Morgan fingerprint density at radius 2 is 2.24 bits per heavy atom. The summed E-state index contributed by atoms with van der Waals surface area (Å²) in [5.74, 6) is 2.38. The quantitative estimate of drug-likeness (QED) is 0.338. The van der Waals surface area contributed by atoms with E-state index in [2.05, 4.69) is 5.92 Å².